The Labute approximate surface area is 123 Å². The Bertz CT molecular complexity index is 676. The van der Waals surface area contributed by atoms with Gasteiger partial charge in [0.2, 0.25) is 0 Å². The van der Waals surface area contributed by atoms with Crippen molar-refractivity contribution in [3.8, 4) is 11.5 Å². The first-order valence-electron chi connectivity index (χ1n) is 7.00. The molecule has 2 heterocycles. The van der Waals surface area contributed by atoms with Gasteiger partial charge in [-0.1, -0.05) is 0 Å². The number of aromatic nitrogens is 2. The molecule has 0 fully saturated rings. The van der Waals surface area contributed by atoms with Crippen molar-refractivity contribution in [2.75, 3.05) is 7.11 Å². The maximum atomic E-state index is 12.3. The molecule has 1 unspecified atom stereocenters. The molecule has 0 radical (unpaired) electrons. The van der Waals surface area contributed by atoms with Gasteiger partial charge in [0.15, 0.2) is 5.78 Å². The van der Waals surface area contributed by atoms with Crippen LogP contribution in [0.3, 0.4) is 0 Å². The van der Waals surface area contributed by atoms with Crippen molar-refractivity contribution in [2.24, 2.45) is 0 Å². The molecule has 1 aromatic carbocycles. The Morgan fingerprint density at radius 3 is 2.90 bits per heavy atom. The highest BCUT2D eigenvalue weighted by atomic mass is 16.5. The van der Waals surface area contributed by atoms with Gasteiger partial charge >= 0.3 is 0 Å². The molecule has 0 bridgehead atoms. The van der Waals surface area contributed by atoms with Crippen molar-refractivity contribution in [1.29, 1.82) is 0 Å². The van der Waals surface area contributed by atoms with Gasteiger partial charge < -0.3 is 9.47 Å². The van der Waals surface area contributed by atoms with Gasteiger partial charge in [0.1, 0.15) is 17.6 Å². The summed E-state index contributed by atoms with van der Waals surface area (Å²) in [6.07, 6.45) is 3.76. The average Bonchev–Trinajstić information content (AvgIpc) is 2.97. The minimum Gasteiger partial charge on any atom is -0.497 e. The number of hydrogen-bond acceptors (Lipinski definition) is 4. The average molecular weight is 286 g/mol. The molecule has 0 aliphatic carbocycles. The Balaban J connectivity index is 1.89. The second kappa shape index (κ2) is 5.24. The summed E-state index contributed by atoms with van der Waals surface area (Å²) in [5.41, 5.74) is 1.51. The van der Waals surface area contributed by atoms with E-state index in [1.54, 1.807) is 31.5 Å². The zero-order valence-electron chi connectivity index (χ0n) is 12.4. The highest BCUT2D eigenvalue weighted by Crippen LogP contribution is 2.36. The fraction of sp³-hybridized carbons (Fsp3) is 0.375. The maximum Gasteiger partial charge on any atom is 0.170 e. The molecule has 0 saturated carbocycles. The van der Waals surface area contributed by atoms with E-state index in [0.717, 1.165) is 5.56 Å². The first-order valence-corrected chi connectivity index (χ1v) is 7.00. The smallest absolute Gasteiger partial charge is 0.170 e. The van der Waals surface area contributed by atoms with Gasteiger partial charge in [0.25, 0.3) is 0 Å². The Hall–Kier alpha value is -2.30. The summed E-state index contributed by atoms with van der Waals surface area (Å²) in [4.78, 5) is 12.3. The summed E-state index contributed by atoms with van der Waals surface area (Å²) < 4.78 is 13.0. The SMILES string of the molecule is COc1ccc2c(c1)C(=O)CC(c1cnn(C(C)C)c1)O2. The van der Waals surface area contributed by atoms with Gasteiger partial charge in [-0.15, -0.1) is 0 Å². The molecule has 110 valence electrons. The van der Waals surface area contributed by atoms with Gasteiger partial charge in [-0.3, -0.25) is 9.48 Å². The summed E-state index contributed by atoms with van der Waals surface area (Å²) in [5, 5.41) is 4.30. The number of Topliss-reactive ketones (excluding diaryl/α,β-unsaturated/α-hetero) is 1. The topological polar surface area (TPSA) is 53.3 Å². The van der Waals surface area contributed by atoms with Crippen molar-refractivity contribution in [2.45, 2.75) is 32.4 Å². The van der Waals surface area contributed by atoms with E-state index in [1.807, 2.05) is 10.9 Å². The molecule has 0 amide bonds. The van der Waals surface area contributed by atoms with Crippen LogP contribution in [0.25, 0.3) is 0 Å². The molecule has 0 saturated heterocycles. The molecule has 21 heavy (non-hydrogen) atoms. The zero-order valence-corrected chi connectivity index (χ0v) is 12.4. The number of carbonyl (C=O) groups is 1. The van der Waals surface area contributed by atoms with Crippen LogP contribution in [0.5, 0.6) is 11.5 Å². The number of ether oxygens (including phenoxy) is 2. The number of methoxy groups -OCH3 is 1. The normalized spacial score (nSPS) is 17.5. The van der Waals surface area contributed by atoms with Crippen molar-refractivity contribution in [3.05, 3.63) is 41.7 Å². The molecule has 0 N–H and O–H groups in total. The summed E-state index contributed by atoms with van der Waals surface area (Å²) in [7, 11) is 1.58. The number of nitrogens with zero attached hydrogens (tertiary/aromatic N) is 2. The lowest BCUT2D eigenvalue weighted by Gasteiger charge is -2.24. The molecular formula is C16H18N2O3. The molecule has 5 nitrogen and oxygen atoms in total. The van der Waals surface area contributed by atoms with E-state index in [0.29, 0.717) is 23.5 Å². The first kappa shape index (κ1) is 13.7. The van der Waals surface area contributed by atoms with E-state index in [1.165, 1.54) is 0 Å². The summed E-state index contributed by atoms with van der Waals surface area (Å²) in [6, 6.07) is 5.59. The summed E-state index contributed by atoms with van der Waals surface area (Å²) >= 11 is 0. The van der Waals surface area contributed by atoms with Crippen LogP contribution < -0.4 is 9.47 Å². The van der Waals surface area contributed by atoms with Crippen LogP contribution in [-0.4, -0.2) is 22.7 Å². The lowest BCUT2D eigenvalue weighted by molar-refractivity contribution is 0.0849. The van der Waals surface area contributed by atoms with Crippen LogP contribution in [0.1, 0.15) is 48.3 Å². The number of hydrogen-bond donors (Lipinski definition) is 0. The molecule has 1 atom stereocenters. The maximum absolute atomic E-state index is 12.3. The molecule has 1 aliphatic rings. The molecule has 2 aromatic rings. The third-order valence-corrected chi connectivity index (χ3v) is 3.65. The second-order valence-electron chi connectivity index (χ2n) is 5.44. The highest BCUT2D eigenvalue weighted by Gasteiger charge is 2.29. The van der Waals surface area contributed by atoms with Crippen LogP contribution >= 0.6 is 0 Å². The van der Waals surface area contributed by atoms with Crippen molar-refractivity contribution >= 4 is 5.78 Å². The van der Waals surface area contributed by atoms with E-state index in [2.05, 4.69) is 18.9 Å². The first-order chi connectivity index (χ1) is 10.1. The van der Waals surface area contributed by atoms with Crippen LogP contribution in [0.15, 0.2) is 30.6 Å². The van der Waals surface area contributed by atoms with E-state index in [4.69, 9.17) is 9.47 Å². The fourth-order valence-corrected chi connectivity index (χ4v) is 2.42. The van der Waals surface area contributed by atoms with Gasteiger partial charge in [0, 0.05) is 17.8 Å². The third kappa shape index (κ3) is 2.51. The van der Waals surface area contributed by atoms with E-state index in [9.17, 15) is 4.79 Å². The van der Waals surface area contributed by atoms with Crippen LogP contribution in [0.2, 0.25) is 0 Å². The molecule has 0 spiro atoms. The van der Waals surface area contributed by atoms with E-state index < -0.39 is 0 Å². The summed E-state index contributed by atoms with van der Waals surface area (Å²) in [5.74, 6) is 1.34. The standard InChI is InChI=1S/C16H18N2O3/c1-10(2)18-9-11(8-17-18)16-7-14(19)13-6-12(20-3)4-5-15(13)21-16/h4-6,8-10,16H,7H2,1-3H3. The molecule has 3 rings (SSSR count). The van der Waals surface area contributed by atoms with E-state index in [-0.39, 0.29) is 17.9 Å². The Morgan fingerprint density at radius 1 is 1.43 bits per heavy atom. The summed E-state index contributed by atoms with van der Waals surface area (Å²) in [6.45, 7) is 4.12. The minimum atomic E-state index is -0.272. The number of ketones is 1. The van der Waals surface area contributed by atoms with Crippen molar-refractivity contribution < 1.29 is 14.3 Å². The predicted octanol–water partition coefficient (Wildman–Crippen LogP) is 3.18. The minimum absolute atomic E-state index is 0.0671. The Kier molecular flexibility index (Phi) is 3.41. The monoisotopic (exact) mass is 286 g/mol. The highest BCUT2D eigenvalue weighted by molar-refractivity contribution is 6.00. The van der Waals surface area contributed by atoms with Gasteiger partial charge in [-0.25, -0.2) is 0 Å². The van der Waals surface area contributed by atoms with Gasteiger partial charge in [0.05, 0.1) is 25.3 Å². The lowest BCUT2D eigenvalue weighted by Crippen LogP contribution is -2.20. The molecule has 1 aromatic heterocycles. The molecule has 1 aliphatic heterocycles. The quantitative estimate of drug-likeness (QED) is 0.869. The lowest BCUT2D eigenvalue weighted by atomic mass is 9.98. The number of rotatable bonds is 3. The third-order valence-electron chi connectivity index (χ3n) is 3.65. The fourth-order valence-electron chi connectivity index (χ4n) is 2.42. The molecular weight excluding hydrogens is 268 g/mol. The Morgan fingerprint density at radius 2 is 2.24 bits per heavy atom. The largest absolute Gasteiger partial charge is 0.497 e. The van der Waals surface area contributed by atoms with Crippen molar-refractivity contribution in [3.63, 3.8) is 0 Å². The van der Waals surface area contributed by atoms with Crippen LogP contribution in [0.4, 0.5) is 0 Å². The van der Waals surface area contributed by atoms with Crippen molar-refractivity contribution in [1.82, 2.24) is 9.78 Å². The zero-order chi connectivity index (χ0) is 15.0. The number of carbonyl (C=O) groups excluding carboxylic acids is 1. The van der Waals surface area contributed by atoms with Crippen LogP contribution in [0, 0.1) is 0 Å². The predicted molar refractivity (Wildman–Crippen MR) is 77.9 cm³/mol. The second-order valence-corrected chi connectivity index (χ2v) is 5.44. The number of fused-ring (bicyclic) bond motifs is 1. The van der Waals surface area contributed by atoms with Gasteiger partial charge in [-0.2, -0.15) is 5.10 Å². The molecule has 5 heteroatoms. The van der Waals surface area contributed by atoms with Gasteiger partial charge in [-0.05, 0) is 32.0 Å². The van der Waals surface area contributed by atoms with E-state index >= 15 is 0 Å². The van der Waals surface area contributed by atoms with Crippen LogP contribution in [-0.2, 0) is 0 Å². The number of benzene rings is 1.